The molecule has 19 heavy (non-hydrogen) atoms. The summed E-state index contributed by atoms with van der Waals surface area (Å²) < 4.78 is 0. The van der Waals surface area contributed by atoms with Crippen LogP contribution in [-0.2, 0) is 12.8 Å². The molecular formula is C17H26N2. The maximum Gasteiger partial charge on any atom is 0.0412 e. The van der Waals surface area contributed by atoms with Crippen molar-refractivity contribution >= 4 is 0 Å². The molecule has 0 bridgehead atoms. The van der Waals surface area contributed by atoms with Crippen molar-refractivity contribution < 1.29 is 0 Å². The van der Waals surface area contributed by atoms with Crippen molar-refractivity contribution in [2.45, 2.75) is 45.1 Å². The Hall–Kier alpha value is -0.860. The molecule has 0 amide bonds. The van der Waals surface area contributed by atoms with Gasteiger partial charge in [0, 0.05) is 12.1 Å². The minimum absolute atomic E-state index is 0.195. The van der Waals surface area contributed by atoms with Crippen LogP contribution >= 0.6 is 0 Å². The molecule has 1 heterocycles. The molecule has 1 saturated heterocycles. The van der Waals surface area contributed by atoms with Crippen LogP contribution in [-0.4, -0.2) is 30.1 Å². The summed E-state index contributed by atoms with van der Waals surface area (Å²) in [6.07, 6.45) is 4.87. The second kappa shape index (κ2) is 4.60. The molecule has 104 valence electrons. The molecule has 1 aliphatic carbocycles. The van der Waals surface area contributed by atoms with Crippen LogP contribution in [0.1, 0.15) is 37.8 Å². The summed E-state index contributed by atoms with van der Waals surface area (Å²) in [5.41, 5.74) is 9.93. The zero-order valence-electron chi connectivity index (χ0n) is 12.3. The molecule has 0 aromatic heterocycles. The van der Waals surface area contributed by atoms with Crippen LogP contribution in [0, 0.1) is 5.41 Å². The number of benzene rings is 1. The lowest BCUT2D eigenvalue weighted by Crippen LogP contribution is -2.57. The standard InChI is InChI=1S/C17H26N2/c1-16(2)7-9-19(10-8-16)17(13-18)11-14-5-3-4-6-15(14)12-17/h3-6H,7-13,18H2,1-2H3. The summed E-state index contributed by atoms with van der Waals surface area (Å²) in [5, 5.41) is 0. The Balaban J connectivity index is 1.80. The van der Waals surface area contributed by atoms with E-state index in [9.17, 15) is 0 Å². The molecule has 3 rings (SSSR count). The van der Waals surface area contributed by atoms with E-state index < -0.39 is 0 Å². The minimum atomic E-state index is 0.195. The number of piperidine rings is 1. The third kappa shape index (κ3) is 2.32. The Bertz CT molecular complexity index is 429. The maximum absolute atomic E-state index is 6.20. The maximum atomic E-state index is 6.20. The van der Waals surface area contributed by atoms with Gasteiger partial charge in [-0.25, -0.2) is 0 Å². The monoisotopic (exact) mass is 258 g/mol. The van der Waals surface area contributed by atoms with Gasteiger partial charge < -0.3 is 5.73 Å². The first-order valence-corrected chi connectivity index (χ1v) is 7.57. The van der Waals surface area contributed by atoms with E-state index in [2.05, 4.69) is 43.0 Å². The average Bonchev–Trinajstić information content (AvgIpc) is 2.78. The van der Waals surface area contributed by atoms with Gasteiger partial charge >= 0.3 is 0 Å². The molecule has 2 aliphatic rings. The van der Waals surface area contributed by atoms with E-state index in [1.807, 2.05) is 0 Å². The van der Waals surface area contributed by atoms with E-state index >= 15 is 0 Å². The van der Waals surface area contributed by atoms with Crippen LogP contribution in [0.3, 0.4) is 0 Å². The highest BCUT2D eigenvalue weighted by molar-refractivity contribution is 5.36. The summed E-state index contributed by atoms with van der Waals surface area (Å²) in [7, 11) is 0. The van der Waals surface area contributed by atoms with E-state index in [1.165, 1.54) is 37.1 Å². The molecule has 1 aromatic rings. The predicted molar refractivity (Wildman–Crippen MR) is 80.2 cm³/mol. The molecule has 0 unspecified atom stereocenters. The lowest BCUT2D eigenvalue weighted by Gasteiger charge is -2.47. The number of fused-ring (bicyclic) bond motifs is 1. The number of rotatable bonds is 2. The Morgan fingerprint density at radius 1 is 1.05 bits per heavy atom. The summed E-state index contributed by atoms with van der Waals surface area (Å²) in [5.74, 6) is 0. The summed E-state index contributed by atoms with van der Waals surface area (Å²) in [4.78, 5) is 2.68. The fourth-order valence-electron chi connectivity index (χ4n) is 3.76. The first-order valence-electron chi connectivity index (χ1n) is 7.57. The quantitative estimate of drug-likeness (QED) is 0.883. The Morgan fingerprint density at radius 3 is 2.05 bits per heavy atom. The van der Waals surface area contributed by atoms with E-state index in [0.717, 1.165) is 19.4 Å². The number of hydrogen-bond acceptors (Lipinski definition) is 2. The number of hydrogen-bond donors (Lipinski definition) is 1. The van der Waals surface area contributed by atoms with Gasteiger partial charge in [0.2, 0.25) is 0 Å². The normalized spacial score (nSPS) is 25.2. The Labute approximate surface area is 117 Å². The van der Waals surface area contributed by atoms with Gasteiger partial charge in [0.1, 0.15) is 0 Å². The fraction of sp³-hybridized carbons (Fsp3) is 0.647. The topological polar surface area (TPSA) is 29.3 Å². The number of likely N-dealkylation sites (tertiary alicyclic amines) is 1. The van der Waals surface area contributed by atoms with Gasteiger partial charge in [-0.2, -0.15) is 0 Å². The van der Waals surface area contributed by atoms with Gasteiger partial charge in [0.25, 0.3) is 0 Å². The molecule has 1 aromatic carbocycles. The zero-order chi connectivity index (χ0) is 13.5. The van der Waals surface area contributed by atoms with E-state index in [1.54, 1.807) is 0 Å². The highest BCUT2D eigenvalue weighted by atomic mass is 15.2. The van der Waals surface area contributed by atoms with Crippen molar-refractivity contribution in [2.24, 2.45) is 11.1 Å². The fourth-order valence-corrected chi connectivity index (χ4v) is 3.76. The van der Waals surface area contributed by atoms with Crippen LogP contribution < -0.4 is 5.73 Å². The molecule has 1 aliphatic heterocycles. The lowest BCUT2D eigenvalue weighted by molar-refractivity contribution is 0.0380. The summed E-state index contributed by atoms with van der Waals surface area (Å²) in [6, 6.07) is 8.87. The van der Waals surface area contributed by atoms with Crippen LogP contribution in [0.15, 0.2) is 24.3 Å². The van der Waals surface area contributed by atoms with Gasteiger partial charge in [-0.1, -0.05) is 38.1 Å². The van der Waals surface area contributed by atoms with E-state index in [0.29, 0.717) is 5.41 Å². The highest BCUT2D eigenvalue weighted by Crippen LogP contribution is 2.39. The molecule has 0 radical (unpaired) electrons. The van der Waals surface area contributed by atoms with Crippen LogP contribution in [0.4, 0.5) is 0 Å². The second-order valence-electron chi connectivity index (χ2n) is 7.20. The summed E-state index contributed by atoms with van der Waals surface area (Å²) >= 11 is 0. The first-order chi connectivity index (χ1) is 9.05. The van der Waals surface area contributed by atoms with Gasteiger partial charge in [0.05, 0.1) is 0 Å². The lowest BCUT2D eigenvalue weighted by atomic mass is 9.80. The van der Waals surface area contributed by atoms with E-state index in [4.69, 9.17) is 5.73 Å². The highest BCUT2D eigenvalue weighted by Gasteiger charge is 2.43. The van der Waals surface area contributed by atoms with Gasteiger partial charge in [0.15, 0.2) is 0 Å². The molecule has 0 atom stereocenters. The van der Waals surface area contributed by atoms with Crippen molar-refractivity contribution in [3.63, 3.8) is 0 Å². The molecule has 1 fully saturated rings. The SMILES string of the molecule is CC1(C)CCN(C2(CN)Cc3ccccc3C2)CC1. The molecule has 2 N–H and O–H groups in total. The minimum Gasteiger partial charge on any atom is -0.329 e. The van der Waals surface area contributed by atoms with Crippen LogP contribution in [0.5, 0.6) is 0 Å². The molecular weight excluding hydrogens is 232 g/mol. The number of nitrogens with zero attached hydrogens (tertiary/aromatic N) is 1. The van der Waals surface area contributed by atoms with Gasteiger partial charge in [-0.3, -0.25) is 4.90 Å². The average molecular weight is 258 g/mol. The third-order valence-corrected chi connectivity index (χ3v) is 5.33. The van der Waals surface area contributed by atoms with Crippen molar-refractivity contribution in [2.75, 3.05) is 19.6 Å². The van der Waals surface area contributed by atoms with Crippen LogP contribution in [0.2, 0.25) is 0 Å². The van der Waals surface area contributed by atoms with Crippen molar-refractivity contribution in [1.82, 2.24) is 4.90 Å². The molecule has 2 nitrogen and oxygen atoms in total. The smallest absolute Gasteiger partial charge is 0.0412 e. The van der Waals surface area contributed by atoms with Crippen molar-refractivity contribution in [3.05, 3.63) is 35.4 Å². The Kier molecular flexibility index (Phi) is 3.18. The van der Waals surface area contributed by atoms with Crippen molar-refractivity contribution in [3.8, 4) is 0 Å². The van der Waals surface area contributed by atoms with E-state index in [-0.39, 0.29) is 5.54 Å². The molecule has 2 heteroatoms. The molecule has 0 saturated carbocycles. The second-order valence-corrected chi connectivity index (χ2v) is 7.20. The number of nitrogens with two attached hydrogens (primary N) is 1. The summed E-state index contributed by atoms with van der Waals surface area (Å²) in [6.45, 7) is 7.98. The predicted octanol–water partition coefficient (Wildman–Crippen LogP) is 2.60. The van der Waals surface area contributed by atoms with Gasteiger partial charge in [-0.05, 0) is 55.3 Å². The van der Waals surface area contributed by atoms with Crippen molar-refractivity contribution in [1.29, 1.82) is 0 Å². The Morgan fingerprint density at radius 2 is 1.58 bits per heavy atom. The molecule has 0 spiro atoms. The van der Waals surface area contributed by atoms with Gasteiger partial charge in [-0.15, -0.1) is 0 Å². The van der Waals surface area contributed by atoms with Crippen LogP contribution in [0.25, 0.3) is 0 Å². The zero-order valence-corrected chi connectivity index (χ0v) is 12.3. The third-order valence-electron chi connectivity index (χ3n) is 5.33. The first kappa shape index (κ1) is 13.1. The largest absolute Gasteiger partial charge is 0.329 e.